The maximum absolute atomic E-state index is 13.9. The van der Waals surface area contributed by atoms with Crippen LogP contribution in [0.25, 0.3) is 0 Å². The highest BCUT2D eigenvalue weighted by Gasteiger charge is 2.33. The monoisotopic (exact) mass is 555 g/mol. The van der Waals surface area contributed by atoms with Crippen molar-refractivity contribution in [1.82, 2.24) is 10.2 Å². The van der Waals surface area contributed by atoms with Crippen LogP contribution in [0.2, 0.25) is 5.02 Å². The molecule has 0 spiro atoms. The molecule has 2 atom stereocenters. The third-order valence-corrected chi connectivity index (χ3v) is 8.45. The molecule has 2 amide bonds. The highest BCUT2D eigenvalue weighted by molar-refractivity contribution is 7.92. The average Bonchev–Trinajstić information content (AvgIpc) is 2.91. The summed E-state index contributed by atoms with van der Waals surface area (Å²) in [6.45, 7) is 6.97. The Labute approximate surface area is 230 Å². The van der Waals surface area contributed by atoms with Crippen LogP contribution in [0, 0.1) is 6.92 Å². The molecule has 0 unspecified atom stereocenters. The molecule has 0 fully saturated rings. The zero-order chi connectivity index (χ0) is 27.9. The average molecular weight is 556 g/mol. The molecule has 0 aliphatic rings. The topological polar surface area (TPSA) is 86.8 Å². The van der Waals surface area contributed by atoms with Crippen LogP contribution in [0.4, 0.5) is 5.69 Å². The number of anilines is 1. The van der Waals surface area contributed by atoms with Gasteiger partial charge in [0.2, 0.25) is 11.8 Å². The number of nitrogens with one attached hydrogen (secondary N) is 1. The predicted octanol–water partition coefficient (Wildman–Crippen LogP) is 5.18. The van der Waals surface area contributed by atoms with Gasteiger partial charge in [-0.2, -0.15) is 0 Å². The molecular formula is C29H34ClN3O4S. The number of amides is 2. The summed E-state index contributed by atoms with van der Waals surface area (Å²) in [4.78, 5) is 28.4. The van der Waals surface area contributed by atoms with E-state index < -0.39 is 28.5 Å². The van der Waals surface area contributed by atoms with E-state index in [4.69, 9.17) is 11.6 Å². The van der Waals surface area contributed by atoms with Crippen LogP contribution in [0.15, 0.2) is 83.8 Å². The Kier molecular flexibility index (Phi) is 9.94. The number of halogens is 1. The van der Waals surface area contributed by atoms with Gasteiger partial charge in [0, 0.05) is 17.6 Å². The SMILES string of the molecule is CC[C@H](C)NC(=O)[C@H](C)N(Cc1ccccc1)C(=O)CN(c1ccccc1C)S(=O)(=O)c1ccc(Cl)cc1. The lowest BCUT2D eigenvalue weighted by Crippen LogP contribution is -2.52. The number of benzene rings is 3. The second-order valence-electron chi connectivity index (χ2n) is 9.25. The molecule has 0 saturated carbocycles. The van der Waals surface area contributed by atoms with Crippen molar-refractivity contribution in [3.05, 3.63) is 95.0 Å². The first-order valence-electron chi connectivity index (χ1n) is 12.5. The van der Waals surface area contributed by atoms with Gasteiger partial charge in [-0.15, -0.1) is 0 Å². The van der Waals surface area contributed by atoms with Crippen LogP contribution < -0.4 is 9.62 Å². The minimum atomic E-state index is -4.14. The Morgan fingerprint density at radius 1 is 0.921 bits per heavy atom. The Hall–Kier alpha value is -3.36. The largest absolute Gasteiger partial charge is 0.352 e. The zero-order valence-electron chi connectivity index (χ0n) is 22.1. The first-order valence-corrected chi connectivity index (χ1v) is 14.3. The van der Waals surface area contributed by atoms with Crippen LogP contribution in [-0.2, 0) is 26.2 Å². The molecule has 38 heavy (non-hydrogen) atoms. The highest BCUT2D eigenvalue weighted by Crippen LogP contribution is 2.28. The number of sulfonamides is 1. The molecule has 0 bridgehead atoms. The van der Waals surface area contributed by atoms with Gasteiger partial charge in [-0.05, 0) is 68.7 Å². The molecule has 3 aromatic carbocycles. The number of hydrogen-bond acceptors (Lipinski definition) is 4. The molecule has 202 valence electrons. The van der Waals surface area contributed by atoms with E-state index in [2.05, 4.69) is 5.32 Å². The number of carbonyl (C=O) groups is 2. The number of aryl methyl sites for hydroxylation is 1. The summed E-state index contributed by atoms with van der Waals surface area (Å²) >= 11 is 5.99. The molecule has 0 aliphatic carbocycles. The van der Waals surface area contributed by atoms with Crippen molar-refractivity contribution >= 4 is 39.1 Å². The summed E-state index contributed by atoms with van der Waals surface area (Å²) in [6.07, 6.45) is 0.742. The number of hydrogen-bond donors (Lipinski definition) is 1. The standard InChI is InChI=1S/C29H34ClN3O4S/c1-5-22(3)31-29(35)23(4)32(19-24-12-7-6-8-13-24)28(34)20-33(27-14-10-9-11-21(27)2)38(36,37)26-17-15-25(30)16-18-26/h6-18,22-23H,5,19-20H2,1-4H3,(H,31,35)/t22-,23-/m0/s1. The summed E-state index contributed by atoms with van der Waals surface area (Å²) in [6, 6.07) is 21.2. The van der Waals surface area contributed by atoms with Crippen LogP contribution in [0.1, 0.15) is 38.3 Å². The van der Waals surface area contributed by atoms with Crippen molar-refractivity contribution in [3.8, 4) is 0 Å². The summed E-state index contributed by atoms with van der Waals surface area (Å²) in [5, 5.41) is 3.33. The fourth-order valence-electron chi connectivity index (χ4n) is 3.92. The zero-order valence-corrected chi connectivity index (χ0v) is 23.7. The van der Waals surface area contributed by atoms with E-state index in [1.54, 1.807) is 38.1 Å². The number of rotatable bonds is 11. The molecule has 9 heteroatoms. The van der Waals surface area contributed by atoms with Gasteiger partial charge in [-0.1, -0.05) is 67.1 Å². The van der Waals surface area contributed by atoms with E-state index in [1.807, 2.05) is 44.2 Å². The molecular weight excluding hydrogens is 522 g/mol. The Balaban J connectivity index is 2.02. The molecule has 0 heterocycles. The molecule has 0 radical (unpaired) electrons. The van der Waals surface area contributed by atoms with Gasteiger partial charge in [-0.25, -0.2) is 8.42 Å². The van der Waals surface area contributed by atoms with Gasteiger partial charge in [0.05, 0.1) is 10.6 Å². The molecule has 1 N–H and O–H groups in total. The van der Waals surface area contributed by atoms with E-state index in [0.717, 1.165) is 16.3 Å². The van der Waals surface area contributed by atoms with Crippen LogP contribution in [-0.4, -0.2) is 43.8 Å². The minimum Gasteiger partial charge on any atom is -0.352 e. The second kappa shape index (κ2) is 12.9. The summed E-state index contributed by atoms with van der Waals surface area (Å²) in [7, 11) is -4.14. The van der Waals surface area contributed by atoms with Gasteiger partial charge in [0.25, 0.3) is 10.0 Å². The van der Waals surface area contributed by atoms with Crippen LogP contribution >= 0.6 is 11.6 Å². The molecule has 3 rings (SSSR count). The Bertz CT molecular complexity index is 1350. The first kappa shape index (κ1) is 29.2. The summed E-state index contributed by atoms with van der Waals surface area (Å²) in [5.74, 6) is -0.798. The Morgan fingerprint density at radius 3 is 2.13 bits per heavy atom. The quantitative estimate of drug-likeness (QED) is 0.353. The first-order chi connectivity index (χ1) is 18.0. The van der Waals surface area contributed by atoms with Crippen molar-refractivity contribution in [2.24, 2.45) is 0 Å². The molecule has 3 aromatic rings. The minimum absolute atomic E-state index is 0.00937. The third-order valence-electron chi connectivity index (χ3n) is 6.43. The smallest absolute Gasteiger partial charge is 0.264 e. The summed E-state index contributed by atoms with van der Waals surface area (Å²) in [5.41, 5.74) is 1.90. The normalized spacial score (nSPS) is 12.9. The fourth-order valence-corrected chi connectivity index (χ4v) is 5.52. The van der Waals surface area contributed by atoms with E-state index >= 15 is 0 Å². The lowest BCUT2D eigenvalue weighted by atomic mass is 10.1. The molecule has 0 aromatic heterocycles. The van der Waals surface area contributed by atoms with E-state index in [-0.39, 0.29) is 23.4 Å². The maximum atomic E-state index is 13.9. The van der Waals surface area contributed by atoms with Crippen LogP contribution in [0.3, 0.4) is 0 Å². The van der Waals surface area contributed by atoms with Gasteiger partial charge in [0.1, 0.15) is 12.6 Å². The summed E-state index contributed by atoms with van der Waals surface area (Å²) < 4.78 is 28.8. The number of para-hydroxylation sites is 1. The maximum Gasteiger partial charge on any atom is 0.264 e. The van der Waals surface area contributed by atoms with Crippen LogP contribution in [0.5, 0.6) is 0 Å². The van der Waals surface area contributed by atoms with E-state index in [1.165, 1.54) is 29.2 Å². The predicted molar refractivity (Wildman–Crippen MR) is 152 cm³/mol. The molecule has 7 nitrogen and oxygen atoms in total. The van der Waals surface area contributed by atoms with E-state index in [9.17, 15) is 18.0 Å². The highest BCUT2D eigenvalue weighted by atomic mass is 35.5. The van der Waals surface area contributed by atoms with Gasteiger partial charge >= 0.3 is 0 Å². The second-order valence-corrected chi connectivity index (χ2v) is 11.6. The lowest BCUT2D eigenvalue weighted by Gasteiger charge is -2.33. The van der Waals surface area contributed by atoms with Gasteiger partial charge < -0.3 is 10.2 Å². The van der Waals surface area contributed by atoms with Crippen molar-refractivity contribution in [3.63, 3.8) is 0 Å². The van der Waals surface area contributed by atoms with Crippen molar-refractivity contribution in [1.29, 1.82) is 0 Å². The van der Waals surface area contributed by atoms with Crippen molar-refractivity contribution < 1.29 is 18.0 Å². The van der Waals surface area contributed by atoms with Crippen molar-refractivity contribution in [2.75, 3.05) is 10.8 Å². The molecule has 0 saturated heterocycles. The van der Waals surface area contributed by atoms with E-state index in [0.29, 0.717) is 16.3 Å². The Morgan fingerprint density at radius 2 is 1.53 bits per heavy atom. The third kappa shape index (κ3) is 7.14. The van der Waals surface area contributed by atoms with Gasteiger partial charge in [0.15, 0.2) is 0 Å². The fraction of sp³-hybridized carbons (Fsp3) is 0.310. The lowest BCUT2D eigenvalue weighted by molar-refractivity contribution is -0.139. The number of carbonyl (C=O) groups excluding carboxylic acids is 2. The van der Waals surface area contributed by atoms with Gasteiger partial charge in [-0.3, -0.25) is 13.9 Å². The van der Waals surface area contributed by atoms with Crippen molar-refractivity contribution in [2.45, 2.75) is 57.6 Å². The molecule has 0 aliphatic heterocycles. The number of nitrogens with zero attached hydrogens (tertiary/aromatic N) is 2.